The molecule has 0 fully saturated rings. The fourth-order valence-corrected chi connectivity index (χ4v) is 5.23. The molecule has 0 unspecified atom stereocenters. The van der Waals surface area contributed by atoms with Gasteiger partial charge in [0.1, 0.15) is 0 Å². The van der Waals surface area contributed by atoms with E-state index in [0.29, 0.717) is 16.5 Å². The van der Waals surface area contributed by atoms with Crippen LogP contribution in [-0.4, -0.2) is 43.6 Å². The van der Waals surface area contributed by atoms with E-state index in [4.69, 9.17) is 33.2 Å². The van der Waals surface area contributed by atoms with Gasteiger partial charge in [0, 0.05) is 40.7 Å². The lowest BCUT2D eigenvalue weighted by Crippen LogP contribution is -2.32. The Morgan fingerprint density at radius 1 is 0.892 bits per heavy atom. The van der Waals surface area contributed by atoms with Gasteiger partial charge in [0.2, 0.25) is 15.9 Å². The highest BCUT2D eigenvalue weighted by molar-refractivity contribution is 7.89. The highest BCUT2D eigenvalue weighted by Crippen LogP contribution is 2.35. The molecule has 1 amide bonds. The first-order chi connectivity index (χ1) is 17.7. The van der Waals surface area contributed by atoms with E-state index in [9.17, 15) is 13.2 Å². The second-order valence-electron chi connectivity index (χ2n) is 9.26. The molecule has 0 radical (unpaired) electrons. The number of nitrogens with one attached hydrogen (secondary N) is 1. The van der Waals surface area contributed by atoms with Gasteiger partial charge in [-0.3, -0.25) is 9.52 Å². The van der Waals surface area contributed by atoms with Crippen molar-refractivity contribution in [1.82, 2.24) is 14.7 Å². The van der Waals surface area contributed by atoms with Crippen molar-refractivity contribution in [2.75, 3.05) is 24.2 Å². The molecule has 1 aliphatic heterocycles. The van der Waals surface area contributed by atoms with Crippen molar-refractivity contribution >= 4 is 45.0 Å². The fourth-order valence-electron chi connectivity index (χ4n) is 4.46. The van der Waals surface area contributed by atoms with Gasteiger partial charge < -0.3 is 4.90 Å². The molecule has 0 bridgehead atoms. The average molecular weight is 562 g/mol. The first-order valence-electron chi connectivity index (χ1n) is 12.4. The van der Waals surface area contributed by atoms with Crippen LogP contribution in [0.2, 0.25) is 10.0 Å². The zero-order valence-electron chi connectivity index (χ0n) is 20.7. The fraction of sp³-hybridized carbons (Fsp3) is 0.370. The van der Waals surface area contributed by atoms with E-state index in [1.165, 1.54) is 0 Å². The van der Waals surface area contributed by atoms with Crippen molar-refractivity contribution in [3.8, 4) is 22.5 Å². The second-order valence-corrected chi connectivity index (χ2v) is 11.9. The number of hydrogen-bond donors (Lipinski definition) is 1. The molecule has 37 heavy (non-hydrogen) atoms. The number of unbranched alkanes of at least 4 members (excludes halogenated alkanes) is 3. The van der Waals surface area contributed by atoms with Crippen molar-refractivity contribution < 1.29 is 13.2 Å². The molecule has 1 aliphatic rings. The molecule has 1 aromatic heterocycles. The van der Waals surface area contributed by atoms with E-state index < -0.39 is 15.9 Å². The number of carbonyl (C=O) groups excluding carboxylic acids is 1. The number of benzene rings is 2. The molecule has 0 saturated heterocycles. The lowest BCUT2D eigenvalue weighted by atomic mass is 10.0. The number of aryl methyl sites for hydroxylation is 1. The minimum absolute atomic E-state index is 0.211. The number of anilines is 1. The van der Waals surface area contributed by atoms with Crippen LogP contribution in [0, 0.1) is 0 Å². The third-order valence-corrected chi connectivity index (χ3v) is 7.31. The predicted octanol–water partition coefficient (Wildman–Crippen LogP) is 5.90. The van der Waals surface area contributed by atoms with Crippen LogP contribution in [0.5, 0.6) is 0 Å². The number of carbonyl (C=O) groups is 1. The maximum Gasteiger partial charge on any atom is 0.233 e. The zero-order chi connectivity index (χ0) is 26.4. The highest BCUT2D eigenvalue weighted by atomic mass is 35.5. The van der Waals surface area contributed by atoms with Crippen molar-refractivity contribution in [1.29, 1.82) is 0 Å². The van der Waals surface area contributed by atoms with Crippen LogP contribution in [0.3, 0.4) is 0 Å². The number of fused-ring (bicyclic) bond motifs is 1. The van der Waals surface area contributed by atoms with E-state index >= 15 is 0 Å². The van der Waals surface area contributed by atoms with Crippen LogP contribution < -0.4 is 9.62 Å². The number of rotatable bonds is 10. The third-order valence-electron chi connectivity index (χ3n) is 6.20. The van der Waals surface area contributed by atoms with E-state index in [2.05, 4.69) is 4.90 Å². The van der Waals surface area contributed by atoms with Gasteiger partial charge in [-0.2, -0.15) is 0 Å². The average Bonchev–Trinajstić information content (AvgIpc) is 2.85. The van der Waals surface area contributed by atoms with Crippen LogP contribution in [0.25, 0.3) is 22.5 Å². The van der Waals surface area contributed by atoms with Crippen LogP contribution in [0.4, 0.5) is 5.82 Å². The molecule has 0 aliphatic carbocycles. The quantitative estimate of drug-likeness (QED) is 0.310. The molecule has 1 N–H and O–H groups in total. The summed E-state index contributed by atoms with van der Waals surface area (Å²) in [5, 5.41) is 1.34. The summed E-state index contributed by atoms with van der Waals surface area (Å²) in [6, 6.07) is 15.3. The molecule has 0 saturated carbocycles. The number of amides is 1. The van der Waals surface area contributed by atoms with Gasteiger partial charge >= 0.3 is 0 Å². The zero-order valence-corrected chi connectivity index (χ0v) is 23.0. The normalized spacial score (nSPS) is 13.3. The molecule has 4 rings (SSSR count). The maximum absolute atomic E-state index is 11.7. The molecule has 0 atom stereocenters. The number of halogens is 2. The summed E-state index contributed by atoms with van der Waals surface area (Å²) in [5.74, 6) is 0.468. The summed E-state index contributed by atoms with van der Waals surface area (Å²) in [6.07, 6.45) is 6.48. The van der Waals surface area contributed by atoms with Crippen LogP contribution in [0.1, 0.15) is 44.2 Å². The molecule has 7 nitrogen and oxygen atoms in total. The number of hydrogen-bond acceptors (Lipinski definition) is 6. The minimum atomic E-state index is -3.49. The van der Waals surface area contributed by atoms with E-state index in [1.807, 2.05) is 53.3 Å². The number of sulfonamides is 1. The second kappa shape index (κ2) is 12.2. The van der Waals surface area contributed by atoms with Gasteiger partial charge in [-0.05, 0) is 49.9 Å². The third kappa shape index (κ3) is 7.66. The summed E-state index contributed by atoms with van der Waals surface area (Å²) >= 11 is 12.3. The molecular weight excluding hydrogens is 531 g/mol. The first-order valence-corrected chi connectivity index (χ1v) is 15.0. The molecule has 2 heterocycles. The Morgan fingerprint density at radius 2 is 1.46 bits per heavy atom. The Kier molecular flexibility index (Phi) is 9.05. The van der Waals surface area contributed by atoms with Crippen LogP contribution in [0.15, 0.2) is 48.5 Å². The van der Waals surface area contributed by atoms with E-state index in [1.54, 1.807) is 0 Å². The molecule has 3 aromatic rings. The Hall–Kier alpha value is -2.68. The Labute approximate surface area is 228 Å². The van der Waals surface area contributed by atoms with E-state index in [-0.39, 0.29) is 6.42 Å². The summed E-state index contributed by atoms with van der Waals surface area (Å²) < 4.78 is 24.3. The van der Waals surface area contributed by atoms with Gasteiger partial charge in [-0.25, -0.2) is 18.4 Å². The number of nitrogens with zero attached hydrogens (tertiary/aromatic N) is 3. The largest absolute Gasteiger partial charge is 0.355 e. The van der Waals surface area contributed by atoms with Gasteiger partial charge in [0.05, 0.1) is 23.3 Å². The first kappa shape index (κ1) is 27.4. The Morgan fingerprint density at radius 3 is 2.05 bits per heavy atom. The highest BCUT2D eigenvalue weighted by Gasteiger charge is 2.23. The van der Waals surface area contributed by atoms with Crippen molar-refractivity contribution in [2.24, 2.45) is 0 Å². The summed E-state index contributed by atoms with van der Waals surface area (Å²) in [6.45, 7) is 1.76. The summed E-state index contributed by atoms with van der Waals surface area (Å²) in [7, 11) is -3.49. The van der Waals surface area contributed by atoms with Crippen molar-refractivity contribution in [3.63, 3.8) is 0 Å². The standard InChI is InChI=1S/C27H30Cl2N4O3S/c1-37(35,36)32-24(34)8-4-2-3-5-17-33-18-6-7-23-27(33)31-26(20-11-15-22(29)16-12-20)25(30-23)19-9-13-21(28)14-10-19/h9-16H,2-8,17-18H2,1H3,(H,32,34). The molecule has 10 heteroatoms. The van der Waals surface area contributed by atoms with Crippen LogP contribution >= 0.6 is 23.2 Å². The summed E-state index contributed by atoms with van der Waals surface area (Å²) in [5.41, 5.74) is 4.53. The monoisotopic (exact) mass is 560 g/mol. The lowest BCUT2D eigenvalue weighted by Gasteiger charge is -2.30. The van der Waals surface area contributed by atoms with Crippen molar-refractivity contribution in [2.45, 2.75) is 44.9 Å². The van der Waals surface area contributed by atoms with Crippen LogP contribution in [-0.2, 0) is 21.2 Å². The van der Waals surface area contributed by atoms with Gasteiger partial charge in [-0.15, -0.1) is 0 Å². The molecular formula is C27H30Cl2N4O3S. The lowest BCUT2D eigenvalue weighted by molar-refractivity contribution is -0.119. The van der Waals surface area contributed by atoms with Gasteiger partial charge in [-0.1, -0.05) is 60.3 Å². The van der Waals surface area contributed by atoms with Gasteiger partial charge in [0.15, 0.2) is 5.82 Å². The minimum Gasteiger partial charge on any atom is -0.355 e. The smallest absolute Gasteiger partial charge is 0.233 e. The SMILES string of the molecule is CS(=O)(=O)NC(=O)CCCCCCN1CCCc2nc(-c3ccc(Cl)cc3)c(-c3ccc(Cl)cc3)nc21. The Bertz CT molecular complexity index is 1350. The predicted molar refractivity (Wildman–Crippen MR) is 150 cm³/mol. The number of aromatic nitrogens is 2. The molecule has 0 spiro atoms. The Balaban J connectivity index is 1.48. The van der Waals surface area contributed by atoms with Gasteiger partial charge in [0.25, 0.3) is 0 Å². The molecule has 196 valence electrons. The summed E-state index contributed by atoms with van der Waals surface area (Å²) in [4.78, 5) is 24.2. The van der Waals surface area contributed by atoms with E-state index in [0.717, 1.165) is 85.5 Å². The van der Waals surface area contributed by atoms with Crippen molar-refractivity contribution in [3.05, 3.63) is 64.3 Å². The molecule has 2 aromatic carbocycles. The maximum atomic E-state index is 11.7. The topological polar surface area (TPSA) is 92.3 Å².